The third kappa shape index (κ3) is 3.62. The molecule has 0 bridgehead atoms. The quantitative estimate of drug-likeness (QED) is 0.898. The minimum atomic E-state index is -0.471. The van der Waals surface area contributed by atoms with Crippen molar-refractivity contribution >= 4 is 11.8 Å². The summed E-state index contributed by atoms with van der Waals surface area (Å²) in [5, 5.41) is 2.78. The molecule has 0 aromatic carbocycles. The van der Waals surface area contributed by atoms with Gasteiger partial charge in [-0.3, -0.25) is 9.59 Å². The number of rotatable bonds is 4. The van der Waals surface area contributed by atoms with Crippen molar-refractivity contribution in [3.05, 3.63) is 23.2 Å². The lowest BCUT2D eigenvalue weighted by molar-refractivity contribution is -0.187. The molecule has 2 aliphatic rings. The second-order valence-electron chi connectivity index (χ2n) is 6.32. The molecule has 2 saturated heterocycles. The van der Waals surface area contributed by atoms with Crippen molar-refractivity contribution in [1.29, 1.82) is 0 Å². The lowest BCUT2D eigenvalue weighted by Gasteiger charge is -2.37. The molecule has 2 aliphatic heterocycles. The first-order chi connectivity index (χ1) is 11.5. The van der Waals surface area contributed by atoms with Gasteiger partial charge in [0.25, 0.3) is 5.91 Å². The van der Waals surface area contributed by atoms with Gasteiger partial charge in [-0.25, -0.2) is 0 Å². The normalized spacial score (nSPS) is 19.7. The molecule has 1 spiro atoms. The van der Waals surface area contributed by atoms with Gasteiger partial charge in [-0.05, 0) is 19.9 Å². The highest BCUT2D eigenvalue weighted by Gasteiger charge is 2.40. The number of ether oxygens (including phenoxy) is 2. The molecule has 1 aromatic rings. The Hall–Kier alpha value is -1.86. The van der Waals surface area contributed by atoms with E-state index in [0.717, 1.165) is 0 Å². The van der Waals surface area contributed by atoms with Gasteiger partial charge in [-0.1, -0.05) is 0 Å². The molecule has 0 atom stereocenters. The second-order valence-corrected chi connectivity index (χ2v) is 6.32. The molecule has 7 heteroatoms. The van der Waals surface area contributed by atoms with Crippen LogP contribution >= 0.6 is 0 Å². The van der Waals surface area contributed by atoms with E-state index in [1.807, 2.05) is 4.90 Å². The van der Waals surface area contributed by atoms with Crippen LogP contribution in [-0.2, 0) is 14.3 Å². The average Bonchev–Trinajstić information content (AvgIpc) is 3.14. The van der Waals surface area contributed by atoms with Gasteiger partial charge < -0.3 is 24.1 Å². The summed E-state index contributed by atoms with van der Waals surface area (Å²) in [6.07, 6.45) is 1.70. The highest BCUT2D eigenvalue weighted by molar-refractivity contribution is 5.95. The highest BCUT2D eigenvalue weighted by atomic mass is 16.7. The summed E-state index contributed by atoms with van der Waals surface area (Å²) in [5.74, 6) is 0.661. The maximum atomic E-state index is 12.3. The molecule has 0 aliphatic carbocycles. The molecule has 2 amide bonds. The molecule has 1 aromatic heterocycles. The van der Waals surface area contributed by atoms with Crippen molar-refractivity contribution in [2.45, 2.75) is 38.9 Å². The average molecular weight is 336 g/mol. The van der Waals surface area contributed by atoms with E-state index in [-0.39, 0.29) is 18.2 Å². The highest BCUT2D eigenvalue weighted by Crippen LogP contribution is 2.31. The van der Waals surface area contributed by atoms with E-state index in [1.54, 1.807) is 19.9 Å². The standard InChI is InChI=1S/C17H24N2O5/c1-12-11-14(13(2)24-12)16(21)18-6-3-15(20)19-7-4-17(5-8-19)22-9-10-23-17/h11H,3-10H2,1-2H3,(H,18,21). The zero-order valence-electron chi connectivity index (χ0n) is 14.2. The van der Waals surface area contributed by atoms with E-state index in [4.69, 9.17) is 13.9 Å². The first-order valence-electron chi connectivity index (χ1n) is 8.40. The van der Waals surface area contributed by atoms with Crippen LogP contribution in [0.15, 0.2) is 10.5 Å². The Bertz CT molecular complexity index is 608. The van der Waals surface area contributed by atoms with E-state index in [1.165, 1.54) is 0 Å². The van der Waals surface area contributed by atoms with Crippen LogP contribution in [0.4, 0.5) is 0 Å². The molecule has 3 heterocycles. The van der Waals surface area contributed by atoms with Crippen molar-refractivity contribution < 1.29 is 23.5 Å². The second kappa shape index (κ2) is 6.94. The Morgan fingerprint density at radius 2 is 1.88 bits per heavy atom. The predicted octanol–water partition coefficient (Wildman–Crippen LogP) is 1.38. The molecule has 24 heavy (non-hydrogen) atoms. The maximum absolute atomic E-state index is 12.3. The summed E-state index contributed by atoms with van der Waals surface area (Å²) in [5.41, 5.74) is 0.524. The maximum Gasteiger partial charge on any atom is 0.254 e. The van der Waals surface area contributed by atoms with Crippen LogP contribution in [0, 0.1) is 13.8 Å². The van der Waals surface area contributed by atoms with Gasteiger partial charge in [0.05, 0.1) is 18.8 Å². The minimum Gasteiger partial charge on any atom is -0.466 e. The molecular formula is C17H24N2O5. The molecule has 7 nitrogen and oxygen atoms in total. The van der Waals surface area contributed by atoms with Gasteiger partial charge in [-0.15, -0.1) is 0 Å². The van der Waals surface area contributed by atoms with Crippen LogP contribution in [0.2, 0.25) is 0 Å². The van der Waals surface area contributed by atoms with Gasteiger partial charge in [0.1, 0.15) is 11.5 Å². The molecule has 3 rings (SSSR count). The van der Waals surface area contributed by atoms with E-state index in [0.29, 0.717) is 62.8 Å². The Labute approximate surface area is 141 Å². The number of nitrogens with one attached hydrogen (secondary N) is 1. The van der Waals surface area contributed by atoms with Crippen molar-refractivity contribution in [2.75, 3.05) is 32.8 Å². The van der Waals surface area contributed by atoms with Gasteiger partial charge in [-0.2, -0.15) is 0 Å². The van der Waals surface area contributed by atoms with E-state index in [2.05, 4.69) is 5.32 Å². The first kappa shape index (κ1) is 17.0. The smallest absolute Gasteiger partial charge is 0.254 e. The minimum absolute atomic E-state index is 0.0447. The largest absolute Gasteiger partial charge is 0.466 e. The molecule has 2 fully saturated rings. The zero-order valence-corrected chi connectivity index (χ0v) is 14.2. The van der Waals surface area contributed by atoms with Gasteiger partial charge in [0, 0.05) is 38.9 Å². The summed E-state index contributed by atoms with van der Waals surface area (Å²) in [6.45, 7) is 6.40. The third-order valence-corrected chi connectivity index (χ3v) is 4.60. The number of piperidine rings is 1. The predicted molar refractivity (Wildman–Crippen MR) is 85.6 cm³/mol. The number of aryl methyl sites for hydroxylation is 2. The molecule has 1 N–H and O–H groups in total. The Kier molecular flexibility index (Phi) is 4.91. The van der Waals surface area contributed by atoms with E-state index >= 15 is 0 Å². The molecule has 0 radical (unpaired) electrons. The van der Waals surface area contributed by atoms with Crippen molar-refractivity contribution in [3.8, 4) is 0 Å². The van der Waals surface area contributed by atoms with Crippen LogP contribution in [0.3, 0.4) is 0 Å². The van der Waals surface area contributed by atoms with Crippen LogP contribution in [-0.4, -0.2) is 55.3 Å². The summed E-state index contributed by atoms with van der Waals surface area (Å²) in [7, 11) is 0. The van der Waals surface area contributed by atoms with E-state index < -0.39 is 5.79 Å². The summed E-state index contributed by atoms with van der Waals surface area (Å²) >= 11 is 0. The molecular weight excluding hydrogens is 312 g/mol. The molecule has 0 unspecified atom stereocenters. The molecule has 132 valence electrons. The Balaban J connectivity index is 1.41. The number of furan rings is 1. The summed E-state index contributed by atoms with van der Waals surface area (Å²) in [6, 6.07) is 1.71. The van der Waals surface area contributed by atoms with Gasteiger partial charge >= 0.3 is 0 Å². The van der Waals surface area contributed by atoms with Crippen molar-refractivity contribution in [2.24, 2.45) is 0 Å². The van der Waals surface area contributed by atoms with Crippen LogP contribution in [0.25, 0.3) is 0 Å². The first-order valence-corrected chi connectivity index (χ1v) is 8.40. The lowest BCUT2D eigenvalue weighted by atomic mass is 10.0. The fourth-order valence-electron chi connectivity index (χ4n) is 3.28. The monoisotopic (exact) mass is 336 g/mol. The number of carbonyl (C=O) groups excluding carboxylic acids is 2. The lowest BCUT2D eigenvalue weighted by Crippen LogP contribution is -2.47. The number of carbonyl (C=O) groups is 2. The number of hydrogen-bond acceptors (Lipinski definition) is 5. The van der Waals surface area contributed by atoms with Crippen LogP contribution < -0.4 is 5.32 Å². The number of hydrogen-bond donors (Lipinski definition) is 1. The summed E-state index contributed by atoms with van der Waals surface area (Å²) < 4.78 is 16.7. The van der Waals surface area contributed by atoms with Gasteiger partial charge in [0.2, 0.25) is 5.91 Å². The van der Waals surface area contributed by atoms with Crippen LogP contribution in [0.1, 0.15) is 41.1 Å². The number of likely N-dealkylation sites (tertiary alicyclic amines) is 1. The van der Waals surface area contributed by atoms with Crippen molar-refractivity contribution in [1.82, 2.24) is 10.2 Å². The Morgan fingerprint density at radius 3 is 2.46 bits per heavy atom. The Morgan fingerprint density at radius 1 is 1.21 bits per heavy atom. The zero-order chi connectivity index (χ0) is 17.2. The fourth-order valence-corrected chi connectivity index (χ4v) is 3.28. The summed E-state index contributed by atoms with van der Waals surface area (Å²) in [4.78, 5) is 26.2. The van der Waals surface area contributed by atoms with Gasteiger partial charge in [0.15, 0.2) is 5.79 Å². The molecule has 0 saturated carbocycles. The fraction of sp³-hybridized carbons (Fsp3) is 0.647. The van der Waals surface area contributed by atoms with E-state index in [9.17, 15) is 9.59 Å². The van der Waals surface area contributed by atoms with Crippen LogP contribution in [0.5, 0.6) is 0 Å². The number of nitrogens with zero attached hydrogens (tertiary/aromatic N) is 1. The topological polar surface area (TPSA) is 81.0 Å². The number of amides is 2. The van der Waals surface area contributed by atoms with Crippen molar-refractivity contribution in [3.63, 3.8) is 0 Å². The SMILES string of the molecule is Cc1cc(C(=O)NCCC(=O)N2CCC3(CC2)OCCO3)c(C)o1. The third-order valence-electron chi connectivity index (χ3n) is 4.60.